The van der Waals surface area contributed by atoms with Gasteiger partial charge in [0, 0.05) is 16.5 Å². The number of pyridine rings is 1. The van der Waals surface area contributed by atoms with Gasteiger partial charge in [-0.2, -0.15) is 13.2 Å². The van der Waals surface area contributed by atoms with E-state index in [1.807, 2.05) is 0 Å². The summed E-state index contributed by atoms with van der Waals surface area (Å²) in [4.78, 5) is 14.0. The van der Waals surface area contributed by atoms with Crippen LogP contribution in [0.25, 0.3) is 10.9 Å². The van der Waals surface area contributed by atoms with Gasteiger partial charge in [-0.1, -0.05) is 30.0 Å². The van der Waals surface area contributed by atoms with E-state index in [0.29, 0.717) is 5.39 Å². The fourth-order valence-corrected chi connectivity index (χ4v) is 3.30. The molecule has 0 radical (unpaired) electrons. The molecule has 0 saturated carbocycles. The average Bonchev–Trinajstić information content (AvgIpc) is 2.63. The molecule has 3 aromatic rings. The lowest BCUT2D eigenvalue weighted by atomic mass is 10.1. The van der Waals surface area contributed by atoms with Crippen LogP contribution in [0.15, 0.2) is 46.3 Å². The molecule has 0 saturated heterocycles. The molecule has 27 heavy (non-hydrogen) atoms. The zero-order chi connectivity index (χ0) is 19.9. The number of para-hydroxylation sites is 1. The molecule has 3 rings (SSSR count). The highest BCUT2D eigenvalue weighted by molar-refractivity contribution is 7.99. The third kappa shape index (κ3) is 3.36. The second-order valence-corrected chi connectivity index (χ2v) is 6.27. The number of hydrogen-bond donors (Lipinski definition) is 0. The molecular weight excluding hydrogens is 399 g/mol. The summed E-state index contributed by atoms with van der Waals surface area (Å²) in [6.07, 6.45) is -4.32. The molecule has 0 spiro atoms. The normalized spacial score (nSPS) is 11.8. The van der Waals surface area contributed by atoms with Gasteiger partial charge in [0.15, 0.2) is 23.3 Å². The predicted octanol–water partition coefficient (Wildman–Crippen LogP) is 5.69. The topological polar surface area (TPSA) is 30.0 Å². The monoisotopic (exact) mass is 405 g/mol. The molecule has 0 aliphatic heterocycles. The van der Waals surface area contributed by atoms with Crippen molar-refractivity contribution in [3.8, 4) is 0 Å². The molecule has 0 fully saturated rings. The number of Topliss-reactive ketones (excluding diaryl/α,β-unsaturated/α-hetero) is 1. The number of nitrogens with zero attached hydrogens (tertiary/aromatic N) is 1. The molecule has 1 aromatic heterocycles. The van der Waals surface area contributed by atoms with Gasteiger partial charge in [-0.3, -0.25) is 9.78 Å². The van der Waals surface area contributed by atoms with Crippen LogP contribution >= 0.6 is 11.8 Å². The Morgan fingerprint density at radius 3 is 2.07 bits per heavy atom. The number of ketones is 1. The predicted molar refractivity (Wildman–Crippen MR) is 82.5 cm³/mol. The Bertz CT molecular complexity index is 1030. The standard InChI is InChI=1S/C17H6F7NOS/c18-10-9(16(26)17(22,23)24)11(19)13(21)15(12(10)20)27-8-5-1-3-7-4-2-6-25-14(7)8/h1-6H. The fraction of sp³-hybridized carbons (Fsp3) is 0.0588. The molecule has 0 aliphatic carbocycles. The molecule has 10 heteroatoms. The Labute approximate surface area is 151 Å². The third-order valence-electron chi connectivity index (χ3n) is 3.52. The van der Waals surface area contributed by atoms with E-state index in [1.54, 1.807) is 18.2 Å². The molecule has 0 aliphatic rings. The maximum Gasteiger partial charge on any atom is 0.455 e. The van der Waals surface area contributed by atoms with Crippen molar-refractivity contribution in [3.63, 3.8) is 0 Å². The Hall–Kier alpha value is -2.62. The van der Waals surface area contributed by atoms with E-state index in [9.17, 15) is 35.5 Å². The summed E-state index contributed by atoms with van der Waals surface area (Å²) in [7, 11) is 0. The first kappa shape index (κ1) is 19.2. The Balaban J connectivity index is 2.16. The second kappa shape index (κ2) is 6.84. The number of carbonyl (C=O) groups is 1. The molecule has 0 atom stereocenters. The molecule has 2 nitrogen and oxygen atoms in total. The van der Waals surface area contributed by atoms with Crippen LogP contribution in [-0.2, 0) is 0 Å². The number of fused-ring (bicyclic) bond motifs is 1. The number of aromatic nitrogens is 1. The van der Waals surface area contributed by atoms with Gasteiger partial charge in [0.05, 0.1) is 10.4 Å². The molecule has 0 N–H and O–H groups in total. The van der Waals surface area contributed by atoms with Gasteiger partial charge < -0.3 is 0 Å². The SMILES string of the molecule is O=C(c1c(F)c(F)c(Sc2cccc3cccnc23)c(F)c1F)C(F)(F)F. The molecule has 0 bridgehead atoms. The fourth-order valence-electron chi connectivity index (χ4n) is 2.31. The Kier molecular flexibility index (Phi) is 4.85. The minimum Gasteiger partial charge on any atom is -0.284 e. The van der Waals surface area contributed by atoms with Crippen molar-refractivity contribution in [2.45, 2.75) is 16.0 Å². The smallest absolute Gasteiger partial charge is 0.284 e. The zero-order valence-electron chi connectivity index (χ0n) is 12.9. The van der Waals surface area contributed by atoms with Crippen LogP contribution in [0.1, 0.15) is 10.4 Å². The second-order valence-electron chi connectivity index (χ2n) is 5.22. The van der Waals surface area contributed by atoms with Crippen molar-refractivity contribution >= 4 is 28.4 Å². The van der Waals surface area contributed by atoms with Crippen LogP contribution in [0.2, 0.25) is 0 Å². The minimum atomic E-state index is -5.70. The van der Waals surface area contributed by atoms with Gasteiger partial charge in [0.1, 0.15) is 5.56 Å². The van der Waals surface area contributed by atoms with Gasteiger partial charge in [-0.05, 0) is 12.1 Å². The molecule has 0 unspecified atom stereocenters. The number of hydrogen-bond acceptors (Lipinski definition) is 3. The first-order valence-electron chi connectivity index (χ1n) is 7.12. The summed E-state index contributed by atoms with van der Waals surface area (Å²) in [6, 6.07) is 7.71. The lowest BCUT2D eigenvalue weighted by Gasteiger charge is -2.13. The van der Waals surface area contributed by atoms with Crippen LogP contribution < -0.4 is 0 Å². The van der Waals surface area contributed by atoms with Gasteiger partial charge in [0.25, 0.3) is 5.78 Å². The van der Waals surface area contributed by atoms with Crippen LogP contribution in [0.4, 0.5) is 30.7 Å². The number of benzene rings is 2. The molecule has 140 valence electrons. The van der Waals surface area contributed by atoms with Gasteiger partial charge in [-0.25, -0.2) is 17.6 Å². The van der Waals surface area contributed by atoms with Crippen LogP contribution in [0.3, 0.4) is 0 Å². The lowest BCUT2D eigenvalue weighted by Crippen LogP contribution is -2.26. The van der Waals surface area contributed by atoms with Crippen LogP contribution in [0, 0.1) is 23.3 Å². The molecule has 1 heterocycles. The first-order valence-corrected chi connectivity index (χ1v) is 7.93. The average molecular weight is 405 g/mol. The summed E-state index contributed by atoms with van der Waals surface area (Å²) in [6.45, 7) is 0. The van der Waals surface area contributed by atoms with Gasteiger partial charge in [-0.15, -0.1) is 0 Å². The number of carbonyl (C=O) groups excluding carboxylic acids is 1. The van der Waals surface area contributed by atoms with Crippen molar-refractivity contribution in [2.75, 3.05) is 0 Å². The Morgan fingerprint density at radius 2 is 1.48 bits per heavy atom. The third-order valence-corrected chi connectivity index (χ3v) is 4.63. The largest absolute Gasteiger partial charge is 0.455 e. The van der Waals surface area contributed by atoms with Crippen molar-refractivity contribution in [1.82, 2.24) is 4.98 Å². The van der Waals surface area contributed by atoms with Gasteiger partial charge >= 0.3 is 6.18 Å². The van der Waals surface area contributed by atoms with Crippen molar-refractivity contribution in [2.24, 2.45) is 0 Å². The van der Waals surface area contributed by atoms with E-state index in [4.69, 9.17) is 0 Å². The summed E-state index contributed by atoms with van der Waals surface area (Å²) >= 11 is 0.242. The summed E-state index contributed by atoms with van der Waals surface area (Å²) in [5, 5.41) is 0.563. The highest BCUT2D eigenvalue weighted by Crippen LogP contribution is 2.39. The lowest BCUT2D eigenvalue weighted by molar-refractivity contribution is -0.0890. The number of alkyl halides is 3. The highest BCUT2D eigenvalue weighted by Gasteiger charge is 2.44. The first-order chi connectivity index (χ1) is 12.6. The maximum absolute atomic E-state index is 14.2. The maximum atomic E-state index is 14.2. The molecule has 0 amide bonds. The van der Waals surface area contributed by atoms with E-state index >= 15 is 0 Å². The molecule has 2 aromatic carbocycles. The van der Waals surface area contributed by atoms with Crippen molar-refractivity contribution < 1.29 is 35.5 Å². The van der Waals surface area contributed by atoms with E-state index in [1.165, 1.54) is 18.3 Å². The van der Waals surface area contributed by atoms with Crippen molar-refractivity contribution in [1.29, 1.82) is 0 Å². The zero-order valence-corrected chi connectivity index (χ0v) is 13.7. The van der Waals surface area contributed by atoms with Gasteiger partial charge in [0.2, 0.25) is 0 Å². The van der Waals surface area contributed by atoms with E-state index in [0.717, 1.165) is 0 Å². The van der Waals surface area contributed by atoms with E-state index in [2.05, 4.69) is 4.98 Å². The minimum absolute atomic E-state index is 0.111. The Morgan fingerprint density at radius 1 is 0.889 bits per heavy atom. The number of rotatable bonds is 3. The highest BCUT2D eigenvalue weighted by atomic mass is 32.2. The summed E-state index contributed by atoms with van der Waals surface area (Å²) < 4.78 is 93.6. The van der Waals surface area contributed by atoms with E-state index < -0.39 is 45.7 Å². The summed E-state index contributed by atoms with van der Waals surface area (Å²) in [5.74, 6) is -12.0. The molecular formula is C17H6F7NOS. The number of halogens is 7. The quantitative estimate of drug-likeness (QED) is 0.319. The van der Waals surface area contributed by atoms with Crippen molar-refractivity contribution in [3.05, 3.63) is 65.4 Å². The summed E-state index contributed by atoms with van der Waals surface area (Å²) in [5.41, 5.74) is -2.06. The van der Waals surface area contributed by atoms with E-state index in [-0.39, 0.29) is 22.2 Å². The van der Waals surface area contributed by atoms with Crippen LogP contribution in [0.5, 0.6) is 0 Å². The van der Waals surface area contributed by atoms with Crippen LogP contribution in [-0.4, -0.2) is 16.9 Å².